The van der Waals surface area contributed by atoms with Crippen molar-refractivity contribution in [2.45, 2.75) is 39.8 Å². The molecule has 0 unspecified atom stereocenters. The van der Waals surface area contributed by atoms with Crippen molar-refractivity contribution in [3.63, 3.8) is 0 Å². The number of esters is 1. The van der Waals surface area contributed by atoms with Crippen molar-refractivity contribution in [1.82, 2.24) is 19.1 Å². The number of benzene rings is 1. The first-order valence-corrected chi connectivity index (χ1v) is 8.85. The SMILES string of the molecule is CCCCn1c(=O)[nH]c(=O)c2c1nc(COC(=O)c1ccccc1C)n2C. The lowest BCUT2D eigenvalue weighted by atomic mass is 10.1. The molecule has 1 N–H and O–H groups in total. The zero-order valence-electron chi connectivity index (χ0n) is 15.6. The van der Waals surface area contributed by atoms with E-state index in [0.717, 1.165) is 18.4 Å². The van der Waals surface area contributed by atoms with Gasteiger partial charge in [-0.1, -0.05) is 31.5 Å². The van der Waals surface area contributed by atoms with Gasteiger partial charge in [-0.15, -0.1) is 0 Å². The highest BCUT2D eigenvalue weighted by Gasteiger charge is 2.18. The number of unbranched alkanes of at least 4 members (excludes halogenated alkanes) is 1. The minimum absolute atomic E-state index is 0.0975. The first-order chi connectivity index (χ1) is 12.9. The summed E-state index contributed by atoms with van der Waals surface area (Å²) in [6.45, 7) is 4.21. The van der Waals surface area contributed by atoms with Crippen molar-refractivity contribution < 1.29 is 9.53 Å². The number of ether oxygens (including phenoxy) is 1. The number of fused-ring (bicyclic) bond motifs is 1. The number of rotatable bonds is 6. The quantitative estimate of drug-likeness (QED) is 0.668. The maximum Gasteiger partial charge on any atom is 0.338 e. The molecule has 0 saturated heterocycles. The van der Waals surface area contributed by atoms with Gasteiger partial charge in [0.2, 0.25) is 0 Å². The van der Waals surface area contributed by atoms with Crippen LogP contribution in [0.1, 0.15) is 41.5 Å². The summed E-state index contributed by atoms with van der Waals surface area (Å²) in [5.74, 6) is -0.0641. The second-order valence-corrected chi connectivity index (χ2v) is 6.41. The molecule has 0 atom stereocenters. The lowest BCUT2D eigenvalue weighted by Crippen LogP contribution is -2.31. The number of hydrogen-bond donors (Lipinski definition) is 1. The fourth-order valence-corrected chi connectivity index (χ4v) is 2.95. The topological polar surface area (TPSA) is 99.0 Å². The number of aromatic amines is 1. The van der Waals surface area contributed by atoms with E-state index in [0.29, 0.717) is 23.6 Å². The molecule has 2 aromatic heterocycles. The Kier molecular flexibility index (Phi) is 5.25. The molecule has 27 heavy (non-hydrogen) atoms. The molecule has 8 heteroatoms. The summed E-state index contributed by atoms with van der Waals surface area (Å²) >= 11 is 0. The van der Waals surface area contributed by atoms with Crippen LogP contribution in [0.5, 0.6) is 0 Å². The molecule has 8 nitrogen and oxygen atoms in total. The molecular formula is C19H22N4O4. The van der Waals surface area contributed by atoms with E-state index in [-0.39, 0.29) is 12.1 Å². The van der Waals surface area contributed by atoms with Crippen LogP contribution in [0.3, 0.4) is 0 Å². The summed E-state index contributed by atoms with van der Waals surface area (Å²) in [6, 6.07) is 7.14. The molecule has 0 radical (unpaired) electrons. The molecule has 0 spiro atoms. The zero-order chi connectivity index (χ0) is 19.6. The van der Waals surface area contributed by atoms with E-state index in [1.807, 2.05) is 26.0 Å². The van der Waals surface area contributed by atoms with E-state index >= 15 is 0 Å². The maximum atomic E-state index is 12.3. The maximum absolute atomic E-state index is 12.3. The summed E-state index contributed by atoms with van der Waals surface area (Å²) in [6.07, 6.45) is 1.69. The smallest absolute Gasteiger partial charge is 0.338 e. The fraction of sp³-hybridized carbons (Fsp3) is 0.368. The molecule has 0 bridgehead atoms. The van der Waals surface area contributed by atoms with Gasteiger partial charge in [-0.05, 0) is 25.0 Å². The van der Waals surface area contributed by atoms with Crippen LogP contribution in [-0.2, 0) is 24.9 Å². The molecule has 0 fully saturated rings. The number of aromatic nitrogens is 4. The van der Waals surface area contributed by atoms with E-state index < -0.39 is 17.2 Å². The summed E-state index contributed by atoms with van der Waals surface area (Å²) < 4.78 is 8.38. The number of H-pyrrole nitrogens is 1. The number of carbonyl (C=O) groups excluding carboxylic acids is 1. The molecule has 0 aliphatic rings. The van der Waals surface area contributed by atoms with Gasteiger partial charge < -0.3 is 9.30 Å². The standard InChI is InChI=1S/C19H22N4O4/c1-4-5-10-23-16-15(17(24)21-19(23)26)22(3)14(20-16)11-27-18(25)13-9-7-6-8-12(13)2/h6-9H,4-5,10-11H2,1-3H3,(H,21,24,26). The van der Waals surface area contributed by atoms with Crippen molar-refractivity contribution in [2.24, 2.45) is 7.05 Å². The van der Waals surface area contributed by atoms with Gasteiger partial charge in [0.05, 0.1) is 5.56 Å². The minimum Gasteiger partial charge on any atom is -0.454 e. The van der Waals surface area contributed by atoms with Gasteiger partial charge in [0, 0.05) is 13.6 Å². The lowest BCUT2D eigenvalue weighted by molar-refractivity contribution is 0.0459. The highest BCUT2D eigenvalue weighted by Crippen LogP contribution is 2.13. The van der Waals surface area contributed by atoms with Gasteiger partial charge in [-0.2, -0.15) is 0 Å². The summed E-state index contributed by atoms with van der Waals surface area (Å²) in [5.41, 5.74) is 0.900. The van der Waals surface area contributed by atoms with Gasteiger partial charge in [0.1, 0.15) is 12.4 Å². The van der Waals surface area contributed by atoms with E-state index in [9.17, 15) is 14.4 Å². The van der Waals surface area contributed by atoms with Crippen LogP contribution in [0.25, 0.3) is 11.2 Å². The Bertz CT molecular complexity index is 1110. The third kappa shape index (κ3) is 3.55. The summed E-state index contributed by atoms with van der Waals surface area (Å²) in [7, 11) is 1.66. The second-order valence-electron chi connectivity index (χ2n) is 6.41. The zero-order valence-corrected chi connectivity index (χ0v) is 15.6. The molecule has 1 aromatic carbocycles. The van der Waals surface area contributed by atoms with Gasteiger partial charge in [0.25, 0.3) is 5.56 Å². The predicted molar refractivity (Wildman–Crippen MR) is 101 cm³/mol. The molecule has 142 valence electrons. The van der Waals surface area contributed by atoms with Crippen LogP contribution < -0.4 is 11.2 Å². The molecule has 0 saturated carbocycles. The Morgan fingerprint density at radius 3 is 2.70 bits per heavy atom. The molecule has 3 aromatic rings. The van der Waals surface area contributed by atoms with Crippen LogP contribution in [0, 0.1) is 6.92 Å². The monoisotopic (exact) mass is 370 g/mol. The van der Waals surface area contributed by atoms with Gasteiger partial charge in [-0.25, -0.2) is 14.6 Å². The number of aryl methyl sites for hydroxylation is 3. The number of nitrogens with one attached hydrogen (secondary N) is 1. The van der Waals surface area contributed by atoms with E-state index in [1.165, 1.54) is 4.57 Å². The molecule has 2 heterocycles. The Morgan fingerprint density at radius 2 is 2.00 bits per heavy atom. The fourth-order valence-electron chi connectivity index (χ4n) is 2.95. The summed E-state index contributed by atoms with van der Waals surface area (Å²) in [4.78, 5) is 43.4. The first kappa shape index (κ1) is 18.6. The normalized spacial score (nSPS) is 11.1. The Morgan fingerprint density at radius 1 is 1.26 bits per heavy atom. The van der Waals surface area contributed by atoms with Gasteiger partial charge >= 0.3 is 11.7 Å². The molecule has 0 aliphatic heterocycles. The molecule has 3 rings (SSSR count). The van der Waals surface area contributed by atoms with E-state index in [4.69, 9.17) is 4.74 Å². The third-order valence-electron chi connectivity index (χ3n) is 4.54. The number of imidazole rings is 1. The molecule has 0 aliphatic carbocycles. The van der Waals surface area contributed by atoms with Crippen molar-refractivity contribution >= 4 is 17.1 Å². The van der Waals surface area contributed by atoms with E-state index in [1.54, 1.807) is 23.7 Å². The van der Waals surface area contributed by atoms with Crippen molar-refractivity contribution in [1.29, 1.82) is 0 Å². The average Bonchev–Trinajstić information content (AvgIpc) is 2.97. The Balaban J connectivity index is 1.94. The highest BCUT2D eigenvalue weighted by molar-refractivity contribution is 5.90. The van der Waals surface area contributed by atoms with Crippen molar-refractivity contribution in [2.75, 3.05) is 0 Å². The largest absolute Gasteiger partial charge is 0.454 e. The lowest BCUT2D eigenvalue weighted by Gasteiger charge is -2.06. The predicted octanol–water partition coefficient (Wildman–Crippen LogP) is 1.89. The van der Waals surface area contributed by atoms with Crippen LogP contribution in [0.2, 0.25) is 0 Å². The second kappa shape index (κ2) is 7.61. The number of nitrogens with zero attached hydrogens (tertiary/aromatic N) is 3. The van der Waals surface area contributed by atoms with Gasteiger partial charge in [0.15, 0.2) is 11.2 Å². The summed E-state index contributed by atoms with van der Waals surface area (Å²) in [5, 5.41) is 0. The number of carbonyl (C=O) groups is 1. The van der Waals surface area contributed by atoms with Crippen molar-refractivity contribution in [3.05, 3.63) is 62.1 Å². The Hall–Kier alpha value is -3.16. The highest BCUT2D eigenvalue weighted by atomic mass is 16.5. The molecular weight excluding hydrogens is 348 g/mol. The molecule has 0 amide bonds. The van der Waals surface area contributed by atoms with Crippen molar-refractivity contribution in [3.8, 4) is 0 Å². The Labute approximate surface area is 155 Å². The third-order valence-corrected chi connectivity index (χ3v) is 4.54. The minimum atomic E-state index is -0.505. The van der Waals surface area contributed by atoms with Crippen LogP contribution in [0.15, 0.2) is 33.9 Å². The van der Waals surface area contributed by atoms with Crippen LogP contribution in [0.4, 0.5) is 0 Å². The van der Waals surface area contributed by atoms with Crippen LogP contribution in [-0.4, -0.2) is 25.1 Å². The first-order valence-electron chi connectivity index (χ1n) is 8.85. The van der Waals surface area contributed by atoms with Crippen LogP contribution >= 0.6 is 0 Å². The average molecular weight is 370 g/mol. The van der Waals surface area contributed by atoms with E-state index in [2.05, 4.69) is 9.97 Å². The number of hydrogen-bond acceptors (Lipinski definition) is 5. The van der Waals surface area contributed by atoms with Gasteiger partial charge in [-0.3, -0.25) is 14.3 Å².